The molecule has 1 aliphatic heterocycles. The molecule has 2 heteroatoms. The predicted octanol–water partition coefficient (Wildman–Crippen LogP) is 2.83. The van der Waals surface area contributed by atoms with Gasteiger partial charge in [0.25, 0.3) is 0 Å². The molecule has 0 unspecified atom stereocenters. The summed E-state index contributed by atoms with van der Waals surface area (Å²) >= 11 is 0. The van der Waals surface area contributed by atoms with Crippen LogP contribution in [0.2, 0.25) is 0 Å². The van der Waals surface area contributed by atoms with Crippen LogP contribution in [0.3, 0.4) is 0 Å². The van der Waals surface area contributed by atoms with E-state index in [1.807, 2.05) is 0 Å². The van der Waals surface area contributed by atoms with E-state index in [1.165, 1.54) is 19.3 Å². The Kier molecular flexibility index (Phi) is 5.07. The quantitative estimate of drug-likeness (QED) is 0.758. The molecule has 1 fully saturated rings. The summed E-state index contributed by atoms with van der Waals surface area (Å²) in [4.78, 5) is 0. The molecule has 0 spiro atoms. The van der Waals surface area contributed by atoms with Crippen molar-refractivity contribution < 1.29 is 4.74 Å². The molecule has 0 bridgehead atoms. The third-order valence-corrected chi connectivity index (χ3v) is 3.17. The summed E-state index contributed by atoms with van der Waals surface area (Å²) < 4.78 is 5.40. The van der Waals surface area contributed by atoms with Crippen LogP contribution in [-0.4, -0.2) is 25.8 Å². The van der Waals surface area contributed by atoms with E-state index in [2.05, 4.69) is 33.0 Å². The minimum Gasteiger partial charge on any atom is -0.381 e. The number of hydrogen-bond acceptors (Lipinski definition) is 2. The molecule has 0 aromatic carbocycles. The van der Waals surface area contributed by atoms with E-state index in [4.69, 9.17) is 4.74 Å². The highest BCUT2D eigenvalue weighted by atomic mass is 16.5. The highest BCUT2D eigenvalue weighted by Crippen LogP contribution is 2.30. The smallest absolute Gasteiger partial charge is 0.0468 e. The third kappa shape index (κ3) is 5.53. The first kappa shape index (κ1) is 13.0. The molecule has 15 heavy (non-hydrogen) atoms. The summed E-state index contributed by atoms with van der Waals surface area (Å²) in [5.74, 6) is 0.878. The molecule has 0 amide bonds. The van der Waals surface area contributed by atoms with Crippen molar-refractivity contribution >= 4 is 0 Å². The molecule has 1 saturated heterocycles. The van der Waals surface area contributed by atoms with Crippen molar-refractivity contribution in [1.82, 2.24) is 5.32 Å². The zero-order valence-electron chi connectivity index (χ0n) is 10.8. The second-order valence-electron chi connectivity index (χ2n) is 5.96. The van der Waals surface area contributed by atoms with Gasteiger partial charge in [-0.2, -0.15) is 0 Å². The lowest BCUT2D eigenvalue weighted by Gasteiger charge is -2.32. The average Bonchev–Trinajstić information content (AvgIpc) is 2.16. The van der Waals surface area contributed by atoms with Crippen LogP contribution >= 0.6 is 0 Å². The maximum Gasteiger partial charge on any atom is 0.0468 e. The van der Waals surface area contributed by atoms with Gasteiger partial charge in [0.15, 0.2) is 0 Å². The predicted molar refractivity (Wildman–Crippen MR) is 65.1 cm³/mol. The van der Waals surface area contributed by atoms with Crippen molar-refractivity contribution in [2.24, 2.45) is 11.3 Å². The van der Waals surface area contributed by atoms with Gasteiger partial charge in [-0.3, -0.25) is 0 Å². The summed E-state index contributed by atoms with van der Waals surface area (Å²) in [5, 5.41) is 3.54. The first-order valence-corrected chi connectivity index (χ1v) is 6.31. The molecule has 0 radical (unpaired) electrons. The van der Waals surface area contributed by atoms with Gasteiger partial charge in [0.2, 0.25) is 0 Å². The van der Waals surface area contributed by atoms with E-state index >= 15 is 0 Å². The van der Waals surface area contributed by atoms with Crippen LogP contribution in [0.1, 0.15) is 47.0 Å². The lowest BCUT2D eigenvalue weighted by molar-refractivity contribution is 0.0510. The minimum atomic E-state index is 0.423. The van der Waals surface area contributed by atoms with E-state index in [0.29, 0.717) is 11.5 Å². The first-order chi connectivity index (χ1) is 6.99. The Morgan fingerprint density at radius 1 is 1.27 bits per heavy atom. The zero-order valence-corrected chi connectivity index (χ0v) is 10.8. The highest BCUT2D eigenvalue weighted by molar-refractivity contribution is 4.78. The van der Waals surface area contributed by atoms with E-state index in [1.54, 1.807) is 0 Å². The van der Waals surface area contributed by atoms with Gasteiger partial charge in [0.1, 0.15) is 0 Å². The summed E-state index contributed by atoms with van der Waals surface area (Å²) in [7, 11) is 0. The summed E-state index contributed by atoms with van der Waals surface area (Å²) in [6.45, 7) is 12.2. The molecule has 1 heterocycles. The molecular weight excluding hydrogens is 186 g/mol. The molecule has 1 aliphatic rings. The normalized spacial score (nSPS) is 19.8. The molecule has 0 aliphatic carbocycles. The van der Waals surface area contributed by atoms with Gasteiger partial charge in [0.05, 0.1) is 0 Å². The van der Waals surface area contributed by atoms with E-state index < -0.39 is 0 Å². The van der Waals surface area contributed by atoms with Crippen molar-refractivity contribution in [2.75, 3.05) is 19.8 Å². The van der Waals surface area contributed by atoms with Gasteiger partial charge in [-0.05, 0) is 30.6 Å². The average molecular weight is 213 g/mol. The summed E-state index contributed by atoms with van der Waals surface area (Å²) in [6, 6.07) is 0.596. The molecule has 2 nitrogen and oxygen atoms in total. The zero-order chi connectivity index (χ0) is 11.3. The van der Waals surface area contributed by atoms with E-state index in [-0.39, 0.29) is 0 Å². The Hall–Kier alpha value is -0.0800. The molecule has 90 valence electrons. The van der Waals surface area contributed by atoms with Crippen LogP contribution < -0.4 is 5.32 Å². The van der Waals surface area contributed by atoms with Gasteiger partial charge >= 0.3 is 0 Å². The Labute approximate surface area is 94.8 Å². The van der Waals surface area contributed by atoms with Crippen LogP contribution in [0, 0.1) is 11.3 Å². The van der Waals surface area contributed by atoms with Gasteiger partial charge in [-0.1, -0.05) is 27.7 Å². The van der Waals surface area contributed by atoms with Gasteiger partial charge in [-0.25, -0.2) is 0 Å². The fraction of sp³-hybridized carbons (Fsp3) is 1.00. The monoisotopic (exact) mass is 213 g/mol. The number of hydrogen-bond donors (Lipinski definition) is 1. The van der Waals surface area contributed by atoms with E-state index in [0.717, 1.165) is 25.7 Å². The Morgan fingerprint density at radius 3 is 2.40 bits per heavy atom. The maximum absolute atomic E-state index is 5.40. The standard InChI is InChI=1S/C13H27NO/c1-11(2)14-10-13(3,4)9-12-5-7-15-8-6-12/h11-12,14H,5-10H2,1-4H3. The fourth-order valence-corrected chi connectivity index (χ4v) is 2.28. The van der Waals surface area contributed by atoms with Crippen LogP contribution in [0.4, 0.5) is 0 Å². The fourth-order valence-electron chi connectivity index (χ4n) is 2.28. The second-order valence-corrected chi connectivity index (χ2v) is 5.96. The Balaban J connectivity index is 2.26. The van der Waals surface area contributed by atoms with Crippen molar-refractivity contribution in [3.8, 4) is 0 Å². The van der Waals surface area contributed by atoms with Crippen molar-refractivity contribution in [3.05, 3.63) is 0 Å². The third-order valence-electron chi connectivity index (χ3n) is 3.17. The topological polar surface area (TPSA) is 21.3 Å². The molecular formula is C13H27NO. The van der Waals surface area contributed by atoms with E-state index in [9.17, 15) is 0 Å². The lowest BCUT2D eigenvalue weighted by atomic mass is 9.79. The minimum absolute atomic E-state index is 0.423. The number of rotatable bonds is 5. The van der Waals surface area contributed by atoms with Crippen LogP contribution in [0.25, 0.3) is 0 Å². The van der Waals surface area contributed by atoms with Crippen LogP contribution in [0.5, 0.6) is 0 Å². The molecule has 1 N–H and O–H groups in total. The molecule has 0 aromatic rings. The van der Waals surface area contributed by atoms with Gasteiger partial charge in [0, 0.05) is 25.8 Å². The SMILES string of the molecule is CC(C)NCC(C)(C)CC1CCOCC1. The maximum atomic E-state index is 5.40. The number of nitrogens with one attached hydrogen (secondary N) is 1. The highest BCUT2D eigenvalue weighted by Gasteiger charge is 2.24. The van der Waals surface area contributed by atoms with Crippen LogP contribution in [0.15, 0.2) is 0 Å². The van der Waals surface area contributed by atoms with Crippen molar-refractivity contribution in [1.29, 1.82) is 0 Å². The number of ether oxygens (including phenoxy) is 1. The second kappa shape index (κ2) is 5.86. The molecule has 0 atom stereocenters. The Bertz CT molecular complexity index is 171. The first-order valence-electron chi connectivity index (χ1n) is 6.31. The largest absolute Gasteiger partial charge is 0.381 e. The Morgan fingerprint density at radius 2 is 1.87 bits per heavy atom. The lowest BCUT2D eigenvalue weighted by Crippen LogP contribution is -2.35. The molecule has 1 rings (SSSR count). The molecule has 0 aromatic heterocycles. The molecule has 0 saturated carbocycles. The van der Waals surface area contributed by atoms with Crippen LogP contribution in [-0.2, 0) is 4.74 Å². The van der Waals surface area contributed by atoms with Crippen molar-refractivity contribution in [3.63, 3.8) is 0 Å². The van der Waals surface area contributed by atoms with Gasteiger partial charge in [-0.15, -0.1) is 0 Å². The summed E-state index contributed by atoms with van der Waals surface area (Å²) in [5.41, 5.74) is 0.423. The van der Waals surface area contributed by atoms with Crippen molar-refractivity contribution in [2.45, 2.75) is 53.0 Å². The summed E-state index contributed by atoms with van der Waals surface area (Å²) in [6.07, 6.45) is 3.84. The van der Waals surface area contributed by atoms with Gasteiger partial charge < -0.3 is 10.1 Å².